The molecule has 0 N–H and O–H groups in total. The minimum atomic E-state index is 0.0662. The molecule has 2 amide bonds. The highest BCUT2D eigenvalue weighted by Gasteiger charge is 2.33. The Balaban J connectivity index is 1.23. The van der Waals surface area contributed by atoms with Gasteiger partial charge in [0.2, 0.25) is 5.91 Å². The summed E-state index contributed by atoms with van der Waals surface area (Å²) in [6, 6.07) is 5.70. The summed E-state index contributed by atoms with van der Waals surface area (Å²) in [5, 5.41) is 0. The number of piperidine rings is 1. The van der Waals surface area contributed by atoms with E-state index in [1.54, 1.807) is 30.7 Å². The Morgan fingerprint density at radius 1 is 1.13 bits per heavy atom. The molecule has 0 aromatic carbocycles. The van der Waals surface area contributed by atoms with Crippen LogP contribution in [0.15, 0.2) is 36.8 Å². The highest BCUT2D eigenvalue weighted by atomic mass is 16.5. The number of aromatic nitrogens is 3. The summed E-state index contributed by atoms with van der Waals surface area (Å²) in [4.78, 5) is 41.2. The Bertz CT molecular complexity index is 883. The maximum atomic E-state index is 12.7. The van der Waals surface area contributed by atoms with Gasteiger partial charge in [0.15, 0.2) is 0 Å². The van der Waals surface area contributed by atoms with Crippen LogP contribution in [0.2, 0.25) is 0 Å². The van der Waals surface area contributed by atoms with Gasteiger partial charge >= 0.3 is 6.01 Å². The SMILES string of the molecule is Cc1cc(C(=O)N2CCC(CN3CC(COc4ncccn4)CC3=O)CC2)ccn1. The summed E-state index contributed by atoms with van der Waals surface area (Å²) in [5.74, 6) is 0.840. The van der Waals surface area contributed by atoms with Crippen molar-refractivity contribution in [1.29, 1.82) is 0 Å². The molecule has 2 saturated heterocycles. The van der Waals surface area contributed by atoms with Gasteiger partial charge in [-0.05, 0) is 43.9 Å². The second-order valence-corrected chi connectivity index (χ2v) is 8.13. The van der Waals surface area contributed by atoms with E-state index in [0.29, 0.717) is 37.1 Å². The Hall–Kier alpha value is -3.03. The molecule has 30 heavy (non-hydrogen) atoms. The van der Waals surface area contributed by atoms with E-state index in [4.69, 9.17) is 4.74 Å². The predicted molar refractivity (Wildman–Crippen MR) is 110 cm³/mol. The molecule has 8 nitrogen and oxygen atoms in total. The molecule has 0 saturated carbocycles. The molecule has 2 aliphatic heterocycles. The molecule has 1 unspecified atom stereocenters. The summed E-state index contributed by atoms with van der Waals surface area (Å²) in [5.41, 5.74) is 1.54. The van der Waals surface area contributed by atoms with Gasteiger partial charge in [-0.25, -0.2) is 9.97 Å². The van der Waals surface area contributed by atoms with Crippen molar-refractivity contribution < 1.29 is 14.3 Å². The first kappa shape index (κ1) is 20.3. The summed E-state index contributed by atoms with van der Waals surface area (Å²) in [7, 11) is 0. The van der Waals surface area contributed by atoms with Crippen molar-refractivity contribution in [1.82, 2.24) is 24.8 Å². The molecule has 2 aromatic rings. The van der Waals surface area contributed by atoms with Crippen LogP contribution in [0.1, 0.15) is 35.3 Å². The quantitative estimate of drug-likeness (QED) is 0.725. The number of carbonyl (C=O) groups excluding carboxylic acids is 2. The first-order chi connectivity index (χ1) is 14.6. The van der Waals surface area contributed by atoms with Crippen LogP contribution in [-0.4, -0.2) is 69.4 Å². The van der Waals surface area contributed by atoms with Crippen LogP contribution in [0.25, 0.3) is 0 Å². The number of amides is 2. The lowest BCUT2D eigenvalue weighted by Crippen LogP contribution is -2.42. The van der Waals surface area contributed by atoms with Crippen molar-refractivity contribution in [2.24, 2.45) is 11.8 Å². The van der Waals surface area contributed by atoms with Crippen LogP contribution in [-0.2, 0) is 4.79 Å². The monoisotopic (exact) mass is 409 g/mol. The minimum Gasteiger partial charge on any atom is -0.463 e. The van der Waals surface area contributed by atoms with Crippen LogP contribution in [0.5, 0.6) is 6.01 Å². The predicted octanol–water partition coefficient (Wildman–Crippen LogP) is 1.96. The summed E-state index contributed by atoms with van der Waals surface area (Å²) < 4.78 is 5.62. The van der Waals surface area contributed by atoms with Crippen molar-refractivity contribution in [3.63, 3.8) is 0 Å². The third-order valence-corrected chi connectivity index (χ3v) is 5.81. The number of rotatable bonds is 6. The second kappa shape index (κ2) is 9.19. The number of aryl methyl sites for hydroxylation is 1. The Kier molecular flexibility index (Phi) is 6.21. The van der Waals surface area contributed by atoms with Gasteiger partial charge < -0.3 is 14.5 Å². The van der Waals surface area contributed by atoms with Gasteiger partial charge in [-0.3, -0.25) is 14.6 Å². The van der Waals surface area contributed by atoms with E-state index in [1.165, 1.54) is 0 Å². The molecule has 2 fully saturated rings. The van der Waals surface area contributed by atoms with E-state index >= 15 is 0 Å². The summed E-state index contributed by atoms with van der Waals surface area (Å²) in [6.07, 6.45) is 7.30. The van der Waals surface area contributed by atoms with Crippen LogP contribution in [0.3, 0.4) is 0 Å². The maximum absolute atomic E-state index is 12.7. The zero-order valence-electron chi connectivity index (χ0n) is 17.2. The average Bonchev–Trinajstić information content (AvgIpc) is 3.12. The number of likely N-dealkylation sites (tertiary alicyclic amines) is 2. The van der Waals surface area contributed by atoms with Gasteiger partial charge in [-0.15, -0.1) is 0 Å². The highest BCUT2D eigenvalue weighted by Crippen LogP contribution is 2.25. The smallest absolute Gasteiger partial charge is 0.316 e. The molecule has 0 radical (unpaired) electrons. The number of carbonyl (C=O) groups is 2. The fraction of sp³-hybridized carbons (Fsp3) is 0.500. The van der Waals surface area contributed by atoms with Crippen molar-refractivity contribution in [2.45, 2.75) is 26.2 Å². The number of hydrogen-bond donors (Lipinski definition) is 0. The zero-order chi connectivity index (χ0) is 20.9. The highest BCUT2D eigenvalue weighted by molar-refractivity contribution is 5.94. The average molecular weight is 409 g/mol. The van der Waals surface area contributed by atoms with Gasteiger partial charge in [0, 0.05) is 68.4 Å². The third kappa shape index (κ3) is 4.93. The molecule has 8 heteroatoms. The summed E-state index contributed by atoms with van der Waals surface area (Å²) in [6.45, 7) is 5.26. The van der Waals surface area contributed by atoms with E-state index in [2.05, 4.69) is 15.0 Å². The number of ether oxygens (including phenoxy) is 1. The summed E-state index contributed by atoms with van der Waals surface area (Å²) >= 11 is 0. The standard InChI is InChI=1S/C22H27N5O3/c1-16-11-19(3-8-23-16)21(29)26-9-4-17(5-10-26)13-27-14-18(12-20(27)28)15-30-22-24-6-2-7-25-22/h2-3,6-8,11,17-18H,4-5,9-10,12-15H2,1H3. The van der Waals surface area contributed by atoms with Crippen molar-refractivity contribution >= 4 is 11.8 Å². The fourth-order valence-electron chi connectivity index (χ4n) is 4.19. The van der Waals surface area contributed by atoms with Gasteiger partial charge in [-0.1, -0.05) is 0 Å². The van der Waals surface area contributed by atoms with Gasteiger partial charge in [-0.2, -0.15) is 0 Å². The molecule has 0 spiro atoms. The lowest BCUT2D eigenvalue weighted by molar-refractivity contribution is -0.128. The van der Waals surface area contributed by atoms with Crippen molar-refractivity contribution in [2.75, 3.05) is 32.8 Å². The van der Waals surface area contributed by atoms with Crippen LogP contribution >= 0.6 is 0 Å². The van der Waals surface area contributed by atoms with Crippen LogP contribution in [0, 0.1) is 18.8 Å². The lowest BCUT2D eigenvalue weighted by Gasteiger charge is -2.34. The first-order valence-electron chi connectivity index (χ1n) is 10.5. The van der Waals surface area contributed by atoms with Crippen molar-refractivity contribution in [3.8, 4) is 6.01 Å². The van der Waals surface area contributed by atoms with Crippen LogP contribution in [0.4, 0.5) is 0 Å². The largest absolute Gasteiger partial charge is 0.463 e. The topological polar surface area (TPSA) is 88.5 Å². The fourth-order valence-corrected chi connectivity index (χ4v) is 4.19. The Morgan fingerprint density at radius 2 is 1.90 bits per heavy atom. The molecule has 2 aromatic heterocycles. The zero-order valence-corrected chi connectivity index (χ0v) is 17.2. The molecule has 4 heterocycles. The first-order valence-corrected chi connectivity index (χ1v) is 10.5. The molecule has 1 atom stereocenters. The molecule has 2 aliphatic rings. The number of pyridine rings is 1. The van der Waals surface area contributed by atoms with Gasteiger partial charge in [0.05, 0.1) is 6.61 Å². The number of nitrogens with zero attached hydrogens (tertiary/aromatic N) is 5. The maximum Gasteiger partial charge on any atom is 0.316 e. The van der Waals surface area contributed by atoms with E-state index in [0.717, 1.165) is 38.2 Å². The van der Waals surface area contributed by atoms with E-state index in [-0.39, 0.29) is 17.7 Å². The van der Waals surface area contributed by atoms with E-state index < -0.39 is 0 Å². The molecule has 0 bridgehead atoms. The molecule has 4 rings (SSSR count). The molecular formula is C22H27N5O3. The lowest BCUT2D eigenvalue weighted by atomic mass is 9.95. The molecule has 0 aliphatic carbocycles. The molecular weight excluding hydrogens is 382 g/mol. The molecule has 158 valence electrons. The van der Waals surface area contributed by atoms with Crippen LogP contribution < -0.4 is 4.74 Å². The number of hydrogen-bond acceptors (Lipinski definition) is 6. The minimum absolute atomic E-state index is 0.0662. The third-order valence-electron chi connectivity index (χ3n) is 5.81. The van der Waals surface area contributed by atoms with Gasteiger partial charge in [0.1, 0.15) is 0 Å². The normalized spacial score (nSPS) is 19.9. The Morgan fingerprint density at radius 3 is 2.63 bits per heavy atom. The second-order valence-electron chi connectivity index (χ2n) is 8.13. The van der Waals surface area contributed by atoms with E-state index in [9.17, 15) is 9.59 Å². The Labute approximate surface area is 176 Å². The van der Waals surface area contributed by atoms with Crippen molar-refractivity contribution in [3.05, 3.63) is 48.0 Å². The van der Waals surface area contributed by atoms with Gasteiger partial charge in [0.25, 0.3) is 5.91 Å². The van der Waals surface area contributed by atoms with E-state index in [1.807, 2.05) is 22.8 Å².